The van der Waals surface area contributed by atoms with Crippen molar-refractivity contribution >= 4 is 34.5 Å². The summed E-state index contributed by atoms with van der Waals surface area (Å²) >= 11 is 1.20. The molecular formula is C32H35N3O4S. The number of fused-ring (bicyclic) bond motifs is 2. The van der Waals surface area contributed by atoms with E-state index in [0.717, 1.165) is 35.2 Å². The van der Waals surface area contributed by atoms with Crippen molar-refractivity contribution in [3.05, 3.63) is 96.2 Å². The first-order valence-corrected chi connectivity index (χ1v) is 14.6. The maximum absolute atomic E-state index is 14.3. The zero-order valence-corrected chi connectivity index (χ0v) is 24.7. The highest BCUT2D eigenvalue weighted by Gasteiger charge is 2.37. The van der Waals surface area contributed by atoms with Gasteiger partial charge in [-0.2, -0.15) is 0 Å². The van der Waals surface area contributed by atoms with Crippen molar-refractivity contribution in [3.63, 3.8) is 0 Å². The van der Waals surface area contributed by atoms with Crippen molar-refractivity contribution in [3.8, 4) is 0 Å². The van der Waals surface area contributed by atoms with Crippen molar-refractivity contribution in [1.82, 2.24) is 4.57 Å². The van der Waals surface area contributed by atoms with Gasteiger partial charge in [-0.25, -0.2) is 9.79 Å². The largest absolute Gasteiger partial charge is 0.463 e. The number of rotatable bonds is 6. The van der Waals surface area contributed by atoms with Gasteiger partial charge in [0.15, 0.2) is 4.80 Å². The van der Waals surface area contributed by atoms with Gasteiger partial charge >= 0.3 is 5.97 Å². The lowest BCUT2D eigenvalue weighted by molar-refractivity contribution is -0.139. The van der Waals surface area contributed by atoms with Crippen LogP contribution < -0.4 is 19.8 Å². The van der Waals surface area contributed by atoms with Crippen molar-refractivity contribution in [2.24, 2.45) is 4.99 Å². The number of ether oxygens (including phenoxy) is 1. The predicted molar refractivity (Wildman–Crippen MR) is 158 cm³/mol. The first kappa shape index (κ1) is 27.8. The zero-order chi connectivity index (χ0) is 28.8. The summed E-state index contributed by atoms with van der Waals surface area (Å²) in [4.78, 5) is 48.2. The van der Waals surface area contributed by atoms with Crippen LogP contribution >= 0.6 is 11.3 Å². The first-order chi connectivity index (χ1) is 19.1. The van der Waals surface area contributed by atoms with Gasteiger partial charge < -0.3 is 9.64 Å². The summed E-state index contributed by atoms with van der Waals surface area (Å²) < 4.78 is 7.32. The Labute approximate surface area is 238 Å². The smallest absolute Gasteiger partial charge is 0.338 e. The first-order valence-electron chi connectivity index (χ1n) is 13.8. The van der Waals surface area contributed by atoms with Gasteiger partial charge in [-0.05, 0) is 42.9 Å². The van der Waals surface area contributed by atoms with Gasteiger partial charge in [0.05, 0.1) is 35.2 Å². The summed E-state index contributed by atoms with van der Waals surface area (Å²) in [5.41, 5.74) is 4.34. The fraction of sp³-hybridized carbons (Fsp3) is 0.375. The molecule has 3 aromatic rings. The average molecular weight is 558 g/mol. The molecule has 0 radical (unpaired) electrons. The third-order valence-electron chi connectivity index (χ3n) is 7.47. The second kappa shape index (κ2) is 10.7. The number of allylic oxidation sites excluding steroid dienone is 1. The number of hydrogen-bond acceptors (Lipinski definition) is 6. The second-order valence-corrected chi connectivity index (χ2v) is 12.2. The number of amides is 1. The molecule has 0 aliphatic carbocycles. The number of carbonyl (C=O) groups is 2. The standard InChI is InChI=1S/C32H35N3O4S/c1-7-9-18-34-23-13-11-10-12-22(23)25(28(34)36)27-29(37)35-26(20-14-16-21(17-15-20)32(4,5)6)24(30(38)39-8-2)19(3)33-31(35)40-27/h10-17,26H,7-9,18H2,1-6H3/b27-25-/t26-/m0/s1. The van der Waals surface area contributed by atoms with Crippen molar-refractivity contribution < 1.29 is 14.3 Å². The number of unbranched alkanes of at least 4 members (excludes halogenated alkanes) is 1. The van der Waals surface area contributed by atoms with Crippen molar-refractivity contribution in [1.29, 1.82) is 0 Å². The van der Waals surface area contributed by atoms with Crippen LogP contribution in [0.3, 0.4) is 0 Å². The molecule has 1 atom stereocenters. The maximum Gasteiger partial charge on any atom is 0.338 e. The molecule has 1 amide bonds. The van der Waals surface area contributed by atoms with E-state index in [1.54, 1.807) is 23.3 Å². The minimum Gasteiger partial charge on any atom is -0.463 e. The molecule has 40 heavy (non-hydrogen) atoms. The lowest BCUT2D eigenvalue weighted by Crippen LogP contribution is -2.41. The molecule has 0 spiro atoms. The van der Waals surface area contributed by atoms with Gasteiger partial charge in [-0.1, -0.05) is 87.9 Å². The average Bonchev–Trinajstić information content (AvgIpc) is 3.38. The molecule has 0 saturated heterocycles. The Hall–Kier alpha value is -3.78. The van der Waals surface area contributed by atoms with E-state index in [1.807, 2.05) is 48.5 Å². The Bertz CT molecular complexity index is 1700. The minimum absolute atomic E-state index is 0.0514. The predicted octanol–water partition coefficient (Wildman–Crippen LogP) is 4.61. The van der Waals surface area contributed by atoms with E-state index in [2.05, 4.69) is 32.7 Å². The monoisotopic (exact) mass is 557 g/mol. The molecule has 2 aromatic carbocycles. The Morgan fingerprint density at radius 1 is 1.05 bits per heavy atom. The van der Waals surface area contributed by atoms with Gasteiger partial charge in [0.1, 0.15) is 4.53 Å². The van der Waals surface area contributed by atoms with E-state index >= 15 is 0 Å². The number of nitrogens with zero attached hydrogens (tertiary/aromatic N) is 3. The molecule has 0 fully saturated rings. The van der Waals surface area contributed by atoms with E-state index in [1.165, 1.54) is 11.3 Å². The Morgan fingerprint density at radius 2 is 1.75 bits per heavy atom. The van der Waals surface area contributed by atoms with Crippen LogP contribution in [0.1, 0.15) is 77.1 Å². The summed E-state index contributed by atoms with van der Waals surface area (Å²) in [6.45, 7) is 12.8. The molecule has 5 rings (SSSR count). The topological polar surface area (TPSA) is 81.0 Å². The van der Waals surface area contributed by atoms with E-state index in [9.17, 15) is 14.4 Å². The van der Waals surface area contributed by atoms with E-state index in [0.29, 0.717) is 32.7 Å². The lowest BCUT2D eigenvalue weighted by Gasteiger charge is -2.26. The molecule has 1 aromatic heterocycles. The molecule has 0 N–H and O–H groups in total. The molecule has 0 bridgehead atoms. The fourth-order valence-electron chi connectivity index (χ4n) is 5.36. The molecule has 3 heterocycles. The van der Waals surface area contributed by atoms with Gasteiger partial charge in [0, 0.05) is 12.1 Å². The quantitative estimate of drug-likeness (QED) is 0.415. The second-order valence-electron chi connectivity index (χ2n) is 11.2. The van der Waals surface area contributed by atoms with Crippen LogP contribution in [-0.4, -0.2) is 29.6 Å². The molecule has 7 nitrogen and oxygen atoms in total. The highest BCUT2D eigenvalue weighted by molar-refractivity contribution is 7.07. The number of hydrogen-bond donors (Lipinski definition) is 0. The van der Waals surface area contributed by atoms with Crippen LogP contribution in [0, 0.1) is 0 Å². The number of aromatic nitrogens is 1. The number of esters is 1. The molecule has 2 aliphatic heterocycles. The van der Waals surface area contributed by atoms with E-state index in [4.69, 9.17) is 4.74 Å². The van der Waals surface area contributed by atoms with Crippen LogP contribution in [0.2, 0.25) is 0 Å². The summed E-state index contributed by atoms with van der Waals surface area (Å²) in [6, 6.07) is 14.9. The van der Waals surface area contributed by atoms with Gasteiger partial charge in [0.25, 0.3) is 11.5 Å². The normalized spacial score (nSPS) is 18.0. The Kier molecular flexibility index (Phi) is 7.40. The summed E-state index contributed by atoms with van der Waals surface area (Å²) in [6.07, 6.45) is 1.81. The highest BCUT2D eigenvalue weighted by atomic mass is 32.1. The number of anilines is 1. The van der Waals surface area contributed by atoms with Crippen LogP contribution in [-0.2, 0) is 19.7 Å². The molecule has 2 aliphatic rings. The zero-order valence-electron chi connectivity index (χ0n) is 23.9. The van der Waals surface area contributed by atoms with Crippen LogP contribution in [0.5, 0.6) is 0 Å². The Balaban J connectivity index is 1.76. The third kappa shape index (κ3) is 4.64. The molecular weight excluding hydrogens is 522 g/mol. The fourth-order valence-corrected chi connectivity index (χ4v) is 6.50. The molecule has 0 saturated carbocycles. The summed E-state index contributed by atoms with van der Waals surface area (Å²) in [7, 11) is 0. The maximum atomic E-state index is 14.3. The minimum atomic E-state index is -0.721. The summed E-state index contributed by atoms with van der Waals surface area (Å²) in [5.74, 6) is -0.674. The van der Waals surface area contributed by atoms with Crippen molar-refractivity contribution in [2.75, 3.05) is 18.1 Å². The summed E-state index contributed by atoms with van der Waals surface area (Å²) in [5, 5.41) is 0. The number of carbonyl (C=O) groups excluding carboxylic acids is 2. The third-order valence-corrected chi connectivity index (χ3v) is 8.52. The van der Waals surface area contributed by atoms with Crippen LogP contribution in [0.25, 0.3) is 5.57 Å². The van der Waals surface area contributed by atoms with Gasteiger partial charge in [0.2, 0.25) is 0 Å². The number of benzene rings is 2. The van der Waals surface area contributed by atoms with Crippen LogP contribution in [0.15, 0.2) is 69.6 Å². The molecule has 8 heteroatoms. The molecule has 208 valence electrons. The number of thiazole rings is 1. The highest BCUT2D eigenvalue weighted by Crippen LogP contribution is 2.36. The van der Waals surface area contributed by atoms with Crippen LogP contribution in [0.4, 0.5) is 5.69 Å². The molecule has 0 unspecified atom stereocenters. The van der Waals surface area contributed by atoms with E-state index < -0.39 is 12.0 Å². The van der Waals surface area contributed by atoms with Gasteiger partial charge in [-0.15, -0.1) is 0 Å². The van der Waals surface area contributed by atoms with Crippen molar-refractivity contribution in [2.45, 2.75) is 65.8 Å². The van der Waals surface area contributed by atoms with Gasteiger partial charge in [-0.3, -0.25) is 14.2 Å². The Morgan fingerprint density at radius 3 is 2.40 bits per heavy atom. The number of para-hydroxylation sites is 1. The van der Waals surface area contributed by atoms with E-state index in [-0.39, 0.29) is 23.5 Å². The lowest BCUT2D eigenvalue weighted by atomic mass is 9.85. The SMILES string of the molecule is CCCCN1C(=O)/C(=c2\sc3n(c2=O)[C@@H](c2ccc(C(C)(C)C)cc2)C(C(=O)OCC)=C(C)N=3)c2ccccc21.